The first kappa shape index (κ1) is 23.4. The average molecular weight is 345 g/mol. The molecule has 0 saturated heterocycles. The van der Waals surface area contributed by atoms with E-state index < -0.39 is 7.26 Å². The van der Waals surface area contributed by atoms with Gasteiger partial charge < -0.3 is 0 Å². The Kier molecular flexibility index (Phi) is 17.6. The van der Waals surface area contributed by atoms with Crippen molar-refractivity contribution in [1.29, 1.82) is 0 Å². The summed E-state index contributed by atoms with van der Waals surface area (Å²) in [6.07, 6.45) is 27.2. The Bertz CT molecular complexity index is 212. The molecule has 0 aromatic rings. The van der Waals surface area contributed by atoms with Crippen LogP contribution < -0.4 is 0 Å². The standard InChI is InChI=1S/C22H49P/c1-5-9-12-15-18-22-23(19-8-4,20-16-13-10-6-2)21-17-14-11-7-3/h23H,5-22H2,1-4H3. The summed E-state index contributed by atoms with van der Waals surface area (Å²) in [5.74, 6) is 0. The van der Waals surface area contributed by atoms with Gasteiger partial charge in [0.1, 0.15) is 0 Å². The van der Waals surface area contributed by atoms with E-state index in [9.17, 15) is 0 Å². The molecule has 0 heterocycles. The third kappa shape index (κ3) is 13.4. The Labute approximate surface area is 149 Å². The summed E-state index contributed by atoms with van der Waals surface area (Å²) in [6.45, 7) is 9.46. The van der Waals surface area contributed by atoms with E-state index in [1.807, 2.05) is 0 Å². The Morgan fingerprint density at radius 2 is 0.696 bits per heavy atom. The second-order valence-corrected chi connectivity index (χ2v) is 13.0. The van der Waals surface area contributed by atoms with Gasteiger partial charge in [-0.2, -0.15) is 0 Å². The number of hydrogen-bond donors (Lipinski definition) is 0. The fraction of sp³-hybridized carbons (Fsp3) is 1.00. The monoisotopic (exact) mass is 344 g/mol. The number of hydrogen-bond acceptors (Lipinski definition) is 0. The van der Waals surface area contributed by atoms with Gasteiger partial charge in [-0.25, -0.2) is 0 Å². The molecule has 0 aliphatic heterocycles. The van der Waals surface area contributed by atoms with E-state index in [2.05, 4.69) is 27.7 Å². The van der Waals surface area contributed by atoms with Crippen LogP contribution in [-0.4, -0.2) is 24.6 Å². The molecule has 0 atom stereocenters. The molecule has 0 rings (SSSR count). The number of unbranched alkanes of at least 4 members (excludes halogenated alkanes) is 10. The van der Waals surface area contributed by atoms with Crippen molar-refractivity contribution in [3.8, 4) is 0 Å². The molecule has 0 radical (unpaired) electrons. The van der Waals surface area contributed by atoms with E-state index in [4.69, 9.17) is 0 Å². The molecule has 1 heteroatoms. The summed E-state index contributed by atoms with van der Waals surface area (Å²) in [5, 5.41) is 0. The molecular formula is C22H49P. The zero-order valence-electron chi connectivity index (χ0n) is 17.2. The quantitative estimate of drug-likeness (QED) is 0.173. The van der Waals surface area contributed by atoms with Crippen LogP contribution in [0.4, 0.5) is 0 Å². The molecule has 0 aliphatic carbocycles. The van der Waals surface area contributed by atoms with Crippen molar-refractivity contribution in [2.75, 3.05) is 24.6 Å². The van der Waals surface area contributed by atoms with E-state index >= 15 is 0 Å². The zero-order valence-corrected chi connectivity index (χ0v) is 18.2. The van der Waals surface area contributed by atoms with Crippen molar-refractivity contribution in [2.45, 2.75) is 118 Å². The predicted molar refractivity (Wildman–Crippen MR) is 115 cm³/mol. The molecule has 0 amide bonds. The molecule has 0 nitrogen and oxygen atoms in total. The molecule has 0 bridgehead atoms. The average Bonchev–Trinajstić information content (AvgIpc) is 2.56. The maximum absolute atomic E-state index is 2.44. The van der Waals surface area contributed by atoms with Gasteiger partial charge in [-0.15, -0.1) is 0 Å². The van der Waals surface area contributed by atoms with Crippen molar-refractivity contribution < 1.29 is 0 Å². The van der Waals surface area contributed by atoms with Crippen molar-refractivity contribution in [3.63, 3.8) is 0 Å². The normalized spacial score (nSPS) is 12.7. The summed E-state index contributed by atoms with van der Waals surface area (Å²) in [7, 11) is -0.956. The van der Waals surface area contributed by atoms with E-state index in [1.54, 1.807) is 43.9 Å². The third-order valence-electron chi connectivity index (χ3n) is 5.71. The summed E-state index contributed by atoms with van der Waals surface area (Å²) in [6, 6.07) is 0. The first-order chi connectivity index (χ1) is 11.2. The van der Waals surface area contributed by atoms with Gasteiger partial charge in [-0.1, -0.05) is 0 Å². The summed E-state index contributed by atoms with van der Waals surface area (Å²) in [5.41, 5.74) is 0. The van der Waals surface area contributed by atoms with Gasteiger partial charge in [-0.3, -0.25) is 0 Å². The Balaban J connectivity index is 4.39. The van der Waals surface area contributed by atoms with Crippen LogP contribution in [0.5, 0.6) is 0 Å². The first-order valence-corrected chi connectivity index (χ1v) is 14.1. The third-order valence-corrected chi connectivity index (χ3v) is 11.5. The Hall–Kier alpha value is 0.430. The van der Waals surface area contributed by atoms with Crippen LogP contribution in [0.2, 0.25) is 0 Å². The van der Waals surface area contributed by atoms with Crippen molar-refractivity contribution in [3.05, 3.63) is 0 Å². The SMILES string of the molecule is CCCCCCC[PH](CCC)(CCCCCC)CCCCCC. The molecule has 0 fully saturated rings. The van der Waals surface area contributed by atoms with Gasteiger partial charge in [0, 0.05) is 0 Å². The van der Waals surface area contributed by atoms with Gasteiger partial charge in [-0.05, 0) is 0 Å². The zero-order chi connectivity index (χ0) is 17.2. The van der Waals surface area contributed by atoms with Crippen LogP contribution in [-0.2, 0) is 0 Å². The molecule has 0 aromatic heterocycles. The first-order valence-electron chi connectivity index (χ1n) is 11.2. The Morgan fingerprint density at radius 1 is 0.348 bits per heavy atom. The molecule has 0 saturated carbocycles. The van der Waals surface area contributed by atoms with Crippen molar-refractivity contribution >= 4 is 7.26 Å². The molecule has 0 aliphatic rings. The molecule has 0 spiro atoms. The molecule has 0 unspecified atom stereocenters. The topological polar surface area (TPSA) is 0 Å². The fourth-order valence-corrected chi connectivity index (χ4v) is 9.80. The minimum atomic E-state index is -0.956. The van der Waals surface area contributed by atoms with Crippen LogP contribution in [0.25, 0.3) is 0 Å². The molecular weight excluding hydrogens is 295 g/mol. The van der Waals surface area contributed by atoms with E-state index in [-0.39, 0.29) is 0 Å². The summed E-state index contributed by atoms with van der Waals surface area (Å²) in [4.78, 5) is 0. The predicted octanol–water partition coefficient (Wildman–Crippen LogP) is 8.28. The minimum absolute atomic E-state index is 0.956. The van der Waals surface area contributed by atoms with Gasteiger partial charge in [0.25, 0.3) is 0 Å². The van der Waals surface area contributed by atoms with Crippen molar-refractivity contribution in [1.82, 2.24) is 0 Å². The van der Waals surface area contributed by atoms with Crippen LogP contribution in [0.15, 0.2) is 0 Å². The summed E-state index contributed by atoms with van der Waals surface area (Å²) < 4.78 is 0. The molecule has 0 N–H and O–H groups in total. The van der Waals surface area contributed by atoms with Gasteiger partial charge in [0.2, 0.25) is 0 Å². The van der Waals surface area contributed by atoms with E-state index in [1.165, 1.54) is 70.6 Å². The van der Waals surface area contributed by atoms with Crippen LogP contribution in [0.1, 0.15) is 118 Å². The maximum atomic E-state index is 2.44. The van der Waals surface area contributed by atoms with Crippen molar-refractivity contribution in [2.24, 2.45) is 0 Å². The number of rotatable bonds is 18. The van der Waals surface area contributed by atoms with E-state index in [0.717, 1.165) is 0 Å². The van der Waals surface area contributed by atoms with Gasteiger partial charge in [0.15, 0.2) is 0 Å². The van der Waals surface area contributed by atoms with Gasteiger partial charge >= 0.3 is 149 Å². The second kappa shape index (κ2) is 17.3. The molecule has 0 aromatic carbocycles. The Morgan fingerprint density at radius 3 is 1.04 bits per heavy atom. The fourth-order valence-electron chi connectivity index (χ4n) is 4.24. The van der Waals surface area contributed by atoms with Crippen LogP contribution in [0.3, 0.4) is 0 Å². The second-order valence-electron chi connectivity index (χ2n) is 8.04. The molecule has 142 valence electrons. The van der Waals surface area contributed by atoms with Crippen LogP contribution in [0, 0.1) is 0 Å². The summed E-state index contributed by atoms with van der Waals surface area (Å²) >= 11 is 0. The molecule has 23 heavy (non-hydrogen) atoms. The van der Waals surface area contributed by atoms with Gasteiger partial charge in [0.05, 0.1) is 0 Å². The van der Waals surface area contributed by atoms with E-state index in [0.29, 0.717) is 0 Å². The van der Waals surface area contributed by atoms with Crippen LogP contribution >= 0.6 is 7.26 Å².